The molecular weight excluding hydrogens is 514 g/mol. The summed E-state index contributed by atoms with van der Waals surface area (Å²) in [4.78, 5) is 17.9. The summed E-state index contributed by atoms with van der Waals surface area (Å²) in [5.41, 5.74) is 2.63. The number of carbonyl (C=O) groups is 1. The molecule has 3 heterocycles. The standard InChI is InChI=1S/C27H30F2N4O4S/c1-38(35,36)14-13-32-18-21(16-30-32)17-31-11-9-27(10-12-31)23-15-22(37-26(28)29)7-8-24(23)33(25(27)34)19-20-5-3-2-4-6-20/h2-8,15-16,18,26H,9-14,17,19H2,1H3. The van der Waals surface area contributed by atoms with E-state index in [0.29, 0.717) is 45.6 Å². The fourth-order valence-electron chi connectivity index (χ4n) is 5.42. The average Bonchev–Trinajstić information content (AvgIpc) is 3.41. The number of piperidine rings is 1. The minimum absolute atomic E-state index is 0.0150. The van der Waals surface area contributed by atoms with E-state index in [2.05, 4.69) is 14.7 Å². The minimum atomic E-state index is -3.08. The molecule has 202 valence electrons. The van der Waals surface area contributed by atoms with E-state index in [4.69, 9.17) is 0 Å². The molecule has 1 aromatic heterocycles. The number of hydrogen-bond acceptors (Lipinski definition) is 6. The molecular formula is C27H30F2N4O4S. The zero-order valence-electron chi connectivity index (χ0n) is 21.1. The van der Waals surface area contributed by atoms with Crippen molar-refractivity contribution >= 4 is 21.4 Å². The first kappa shape index (κ1) is 26.3. The van der Waals surface area contributed by atoms with Gasteiger partial charge in [-0.25, -0.2) is 8.42 Å². The Morgan fingerprint density at radius 3 is 2.47 bits per heavy atom. The molecule has 2 aliphatic heterocycles. The van der Waals surface area contributed by atoms with Gasteiger partial charge in [0.25, 0.3) is 0 Å². The van der Waals surface area contributed by atoms with Crippen molar-refractivity contribution < 1.29 is 26.7 Å². The van der Waals surface area contributed by atoms with Gasteiger partial charge in [-0.15, -0.1) is 0 Å². The monoisotopic (exact) mass is 544 g/mol. The predicted octanol–water partition coefficient (Wildman–Crippen LogP) is 3.61. The molecule has 0 atom stereocenters. The maximum atomic E-state index is 14.0. The van der Waals surface area contributed by atoms with Crippen LogP contribution in [0.1, 0.15) is 29.5 Å². The highest BCUT2D eigenvalue weighted by Crippen LogP contribution is 2.49. The number of likely N-dealkylation sites (tertiary alicyclic amines) is 1. The Balaban J connectivity index is 1.34. The molecule has 0 saturated carbocycles. The number of benzene rings is 2. The number of anilines is 1. The summed E-state index contributed by atoms with van der Waals surface area (Å²) in [6.45, 7) is -0.342. The van der Waals surface area contributed by atoms with Crippen molar-refractivity contribution in [3.05, 3.63) is 77.6 Å². The number of sulfone groups is 1. The number of aryl methyl sites for hydroxylation is 1. The van der Waals surface area contributed by atoms with Crippen LogP contribution >= 0.6 is 0 Å². The van der Waals surface area contributed by atoms with Crippen molar-refractivity contribution in [2.24, 2.45) is 0 Å². The lowest BCUT2D eigenvalue weighted by Gasteiger charge is -2.38. The molecule has 3 aromatic rings. The number of carbonyl (C=O) groups excluding carboxylic acids is 1. The maximum absolute atomic E-state index is 14.0. The van der Waals surface area contributed by atoms with Gasteiger partial charge in [0.2, 0.25) is 5.91 Å². The number of ether oxygens (including phenoxy) is 1. The Hall–Kier alpha value is -3.31. The highest BCUT2D eigenvalue weighted by atomic mass is 32.2. The molecule has 0 N–H and O–H groups in total. The largest absolute Gasteiger partial charge is 0.435 e. The third-order valence-corrected chi connectivity index (χ3v) is 8.26. The van der Waals surface area contributed by atoms with E-state index in [9.17, 15) is 22.0 Å². The van der Waals surface area contributed by atoms with Gasteiger partial charge in [0, 0.05) is 30.2 Å². The highest BCUT2D eigenvalue weighted by molar-refractivity contribution is 7.90. The smallest absolute Gasteiger partial charge is 0.387 e. The lowest BCUT2D eigenvalue weighted by molar-refractivity contribution is -0.125. The number of hydrogen-bond donors (Lipinski definition) is 0. The van der Waals surface area contributed by atoms with E-state index in [0.717, 1.165) is 22.4 Å². The summed E-state index contributed by atoms with van der Waals surface area (Å²) in [6, 6.07) is 14.5. The normalized spacial score (nSPS) is 17.4. The summed E-state index contributed by atoms with van der Waals surface area (Å²) in [7, 11) is -3.08. The van der Waals surface area contributed by atoms with Crippen LogP contribution in [0.4, 0.5) is 14.5 Å². The fourth-order valence-corrected chi connectivity index (χ4v) is 5.94. The second kappa shape index (κ2) is 10.5. The van der Waals surface area contributed by atoms with E-state index in [1.54, 1.807) is 27.9 Å². The summed E-state index contributed by atoms with van der Waals surface area (Å²) in [5.74, 6) is 0.0636. The lowest BCUT2D eigenvalue weighted by Crippen LogP contribution is -2.48. The average molecular weight is 545 g/mol. The Labute approximate surface area is 220 Å². The number of nitrogens with zero attached hydrogens (tertiary/aromatic N) is 4. The lowest BCUT2D eigenvalue weighted by atomic mass is 9.73. The summed E-state index contributed by atoms with van der Waals surface area (Å²) in [5, 5.41) is 4.27. The first-order chi connectivity index (χ1) is 18.1. The van der Waals surface area contributed by atoms with Gasteiger partial charge < -0.3 is 9.64 Å². The van der Waals surface area contributed by atoms with Crippen LogP contribution in [0.5, 0.6) is 5.75 Å². The Kier molecular flexibility index (Phi) is 7.23. The van der Waals surface area contributed by atoms with Crippen molar-refractivity contribution in [1.82, 2.24) is 14.7 Å². The van der Waals surface area contributed by atoms with Gasteiger partial charge in [-0.1, -0.05) is 30.3 Å². The van der Waals surface area contributed by atoms with E-state index in [1.165, 1.54) is 12.3 Å². The van der Waals surface area contributed by atoms with Gasteiger partial charge >= 0.3 is 6.61 Å². The van der Waals surface area contributed by atoms with Gasteiger partial charge in [0.1, 0.15) is 15.6 Å². The number of fused-ring (bicyclic) bond motifs is 2. The van der Waals surface area contributed by atoms with Crippen LogP contribution in [0.25, 0.3) is 0 Å². The minimum Gasteiger partial charge on any atom is -0.435 e. The third kappa shape index (κ3) is 5.58. The van der Waals surface area contributed by atoms with Crippen LogP contribution in [0, 0.1) is 0 Å². The molecule has 2 aliphatic rings. The molecule has 1 amide bonds. The van der Waals surface area contributed by atoms with Crippen molar-refractivity contribution in [2.75, 3.05) is 30.0 Å². The SMILES string of the molecule is CS(=O)(=O)CCn1cc(CN2CCC3(CC2)C(=O)N(Cc2ccccc2)c2ccc(OC(F)F)cc23)cn1. The van der Waals surface area contributed by atoms with Crippen molar-refractivity contribution in [3.8, 4) is 5.75 Å². The van der Waals surface area contributed by atoms with Crippen LogP contribution in [-0.4, -0.2) is 60.7 Å². The van der Waals surface area contributed by atoms with Gasteiger partial charge in [-0.3, -0.25) is 14.4 Å². The number of alkyl halides is 2. The van der Waals surface area contributed by atoms with Crippen molar-refractivity contribution in [3.63, 3.8) is 0 Å². The predicted molar refractivity (Wildman–Crippen MR) is 139 cm³/mol. The van der Waals surface area contributed by atoms with Gasteiger partial charge in [0.15, 0.2) is 0 Å². The first-order valence-electron chi connectivity index (χ1n) is 12.5. The zero-order valence-corrected chi connectivity index (χ0v) is 21.9. The number of rotatable bonds is 9. The molecule has 0 bridgehead atoms. The summed E-state index contributed by atoms with van der Waals surface area (Å²) < 4.78 is 55.1. The highest BCUT2D eigenvalue weighted by Gasteiger charge is 2.52. The Morgan fingerprint density at radius 2 is 1.79 bits per heavy atom. The van der Waals surface area contributed by atoms with E-state index in [-0.39, 0.29) is 17.4 Å². The number of aromatic nitrogens is 2. The number of amides is 1. The second-order valence-electron chi connectivity index (χ2n) is 10.0. The third-order valence-electron chi connectivity index (χ3n) is 7.33. The maximum Gasteiger partial charge on any atom is 0.387 e. The zero-order chi connectivity index (χ0) is 26.9. The molecule has 2 aromatic carbocycles. The van der Waals surface area contributed by atoms with Gasteiger partial charge in [-0.2, -0.15) is 13.9 Å². The quantitative estimate of drug-likeness (QED) is 0.409. The topological polar surface area (TPSA) is 84.7 Å². The van der Waals surface area contributed by atoms with Crippen LogP contribution in [0.15, 0.2) is 60.9 Å². The molecule has 38 heavy (non-hydrogen) atoms. The molecule has 1 saturated heterocycles. The van der Waals surface area contributed by atoms with Crippen LogP contribution in [-0.2, 0) is 39.7 Å². The molecule has 1 fully saturated rings. The molecule has 11 heteroatoms. The molecule has 0 unspecified atom stereocenters. The molecule has 0 aliphatic carbocycles. The van der Waals surface area contributed by atoms with Crippen LogP contribution < -0.4 is 9.64 Å². The van der Waals surface area contributed by atoms with Gasteiger partial charge in [0.05, 0.1) is 30.5 Å². The fraction of sp³-hybridized carbons (Fsp3) is 0.407. The van der Waals surface area contributed by atoms with Gasteiger partial charge in [-0.05, 0) is 55.3 Å². The molecule has 0 radical (unpaired) electrons. The Morgan fingerprint density at radius 1 is 1.05 bits per heavy atom. The van der Waals surface area contributed by atoms with E-state index < -0.39 is 21.9 Å². The molecule has 8 nitrogen and oxygen atoms in total. The Bertz CT molecular complexity index is 1400. The summed E-state index contributed by atoms with van der Waals surface area (Å²) in [6.07, 6.45) is 5.88. The van der Waals surface area contributed by atoms with Crippen molar-refractivity contribution in [2.45, 2.75) is 44.5 Å². The molecule has 5 rings (SSSR count). The van der Waals surface area contributed by atoms with Crippen LogP contribution in [0.3, 0.4) is 0 Å². The second-order valence-corrected chi connectivity index (χ2v) is 12.3. The van der Waals surface area contributed by atoms with E-state index in [1.807, 2.05) is 36.5 Å². The van der Waals surface area contributed by atoms with Crippen LogP contribution in [0.2, 0.25) is 0 Å². The first-order valence-corrected chi connectivity index (χ1v) is 14.6. The number of halogens is 2. The van der Waals surface area contributed by atoms with E-state index >= 15 is 0 Å². The molecule has 1 spiro atoms. The summed E-state index contributed by atoms with van der Waals surface area (Å²) >= 11 is 0. The van der Waals surface area contributed by atoms with Crippen molar-refractivity contribution in [1.29, 1.82) is 0 Å².